The first-order valence-corrected chi connectivity index (χ1v) is 6.08. The molecule has 2 aromatic heterocycles. The molecule has 1 aromatic carbocycles. The fraction of sp³-hybridized carbons (Fsp3) is 0. The molecule has 4 heteroatoms. The third kappa shape index (κ3) is 1.54. The topological polar surface area (TPSA) is 53.1 Å². The zero-order valence-corrected chi connectivity index (χ0v) is 9.62. The second-order valence-corrected chi connectivity index (χ2v) is 4.49. The van der Waals surface area contributed by atoms with Crippen molar-refractivity contribution < 1.29 is 5.11 Å². The molecule has 0 spiro atoms. The second kappa shape index (κ2) is 3.75. The van der Waals surface area contributed by atoms with E-state index >= 15 is 0 Å². The lowest BCUT2D eigenvalue weighted by Crippen LogP contribution is -2.08. The Kier molecular flexibility index (Phi) is 2.23. The molecule has 0 radical (unpaired) electrons. The van der Waals surface area contributed by atoms with Crippen LogP contribution in [0.2, 0.25) is 0 Å². The van der Waals surface area contributed by atoms with E-state index in [4.69, 9.17) is 0 Å². The molecule has 0 aliphatic heterocycles. The minimum atomic E-state index is -0.264. The number of H-pyrrole nitrogens is 1. The molecule has 2 heterocycles. The van der Waals surface area contributed by atoms with E-state index in [0.717, 1.165) is 5.56 Å². The van der Waals surface area contributed by atoms with E-state index in [1.807, 2.05) is 41.1 Å². The van der Waals surface area contributed by atoms with Crippen molar-refractivity contribution in [2.24, 2.45) is 0 Å². The fourth-order valence-corrected chi connectivity index (χ4v) is 2.64. The van der Waals surface area contributed by atoms with Crippen LogP contribution in [-0.2, 0) is 0 Å². The third-order valence-corrected chi connectivity index (χ3v) is 3.44. The smallest absolute Gasteiger partial charge is 0.260 e. The van der Waals surface area contributed by atoms with Gasteiger partial charge in [0.2, 0.25) is 0 Å². The van der Waals surface area contributed by atoms with Crippen molar-refractivity contribution in [3.63, 3.8) is 0 Å². The Morgan fingerprint density at radius 3 is 2.65 bits per heavy atom. The fourth-order valence-electron chi connectivity index (χ4n) is 1.88. The number of aromatic hydroxyl groups is 1. The largest absolute Gasteiger partial charge is 0.506 e. The molecule has 17 heavy (non-hydrogen) atoms. The Morgan fingerprint density at radius 1 is 1.12 bits per heavy atom. The van der Waals surface area contributed by atoms with Crippen LogP contribution in [0.3, 0.4) is 0 Å². The van der Waals surface area contributed by atoms with Gasteiger partial charge in [-0.15, -0.1) is 11.3 Å². The first kappa shape index (κ1) is 10.1. The van der Waals surface area contributed by atoms with Crippen LogP contribution < -0.4 is 5.56 Å². The molecule has 0 bridgehead atoms. The first-order valence-electron chi connectivity index (χ1n) is 5.14. The highest BCUT2D eigenvalue weighted by Crippen LogP contribution is 2.33. The van der Waals surface area contributed by atoms with Crippen molar-refractivity contribution in [2.75, 3.05) is 0 Å². The van der Waals surface area contributed by atoms with Crippen LogP contribution >= 0.6 is 11.3 Å². The Hall–Kier alpha value is -2.07. The summed E-state index contributed by atoms with van der Waals surface area (Å²) in [6, 6.07) is 9.17. The molecule has 0 saturated carbocycles. The van der Waals surface area contributed by atoms with Crippen LogP contribution in [0.5, 0.6) is 5.75 Å². The SMILES string of the molecule is O=c1[nH]c2cscc2c(O)c1-c1ccccc1. The molecule has 0 aliphatic carbocycles. The van der Waals surface area contributed by atoms with E-state index in [1.54, 1.807) is 0 Å². The van der Waals surface area contributed by atoms with E-state index in [0.29, 0.717) is 16.5 Å². The highest BCUT2D eigenvalue weighted by molar-refractivity contribution is 7.09. The molecule has 3 nitrogen and oxygen atoms in total. The molecular formula is C13H9NO2S. The molecular weight excluding hydrogens is 234 g/mol. The van der Waals surface area contributed by atoms with Crippen molar-refractivity contribution in [2.45, 2.75) is 0 Å². The number of aromatic nitrogens is 1. The van der Waals surface area contributed by atoms with Crippen LogP contribution in [0.4, 0.5) is 0 Å². The lowest BCUT2D eigenvalue weighted by molar-refractivity contribution is 0.482. The molecule has 0 atom stereocenters. The average molecular weight is 243 g/mol. The molecule has 3 rings (SSSR count). The van der Waals surface area contributed by atoms with Crippen molar-refractivity contribution in [1.29, 1.82) is 0 Å². The minimum absolute atomic E-state index is 0.0520. The van der Waals surface area contributed by atoms with Gasteiger partial charge in [-0.1, -0.05) is 30.3 Å². The van der Waals surface area contributed by atoms with Gasteiger partial charge in [-0.2, -0.15) is 0 Å². The van der Waals surface area contributed by atoms with Crippen molar-refractivity contribution in [1.82, 2.24) is 4.98 Å². The summed E-state index contributed by atoms with van der Waals surface area (Å²) in [7, 11) is 0. The number of rotatable bonds is 1. The normalized spacial score (nSPS) is 10.8. The van der Waals surface area contributed by atoms with E-state index in [2.05, 4.69) is 4.98 Å². The molecule has 2 N–H and O–H groups in total. The monoisotopic (exact) mass is 243 g/mol. The van der Waals surface area contributed by atoms with Crippen LogP contribution in [0.15, 0.2) is 45.9 Å². The summed E-state index contributed by atoms with van der Waals surface area (Å²) >= 11 is 1.45. The summed E-state index contributed by atoms with van der Waals surface area (Å²) in [5.74, 6) is 0.0520. The number of pyridine rings is 1. The number of hydrogen-bond donors (Lipinski definition) is 2. The zero-order valence-electron chi connectivity index (χ0n) is 8.81. The van der Waals surface area contributed by atoms with Crippen LogP contribution in [0.1, 0.15) is 0 Å². The number of nitrogens with one attached hydrogen (secondary N) is 1. The quantitative estimate of drug-likeness (QED) is 0.690. The maximum Gasteiger partial charge on any atom is 0.260 e. The van der Waals surface area contributed by atoms with Crippen molar-refractivity contribution in [3.05, 3.63) is 51.4 Å². The van der Waals surface area contributed by atoms with Gasteiger partial charge < -0.3 is 10.1 Å². The highest BCUT2D eigenvalue weighted by Gasteiger charge is 2.13. The predicted octanol–water partition coefficient (Wildman–Crippen LogP) is 2.96. The lowest BCUT2D eigenvalue weighted by atomic mass is 10.1. The van der Waals surface area contributed by atoms with Gasteiger partial charge in [-0.05, 0) is 5.56 Å². The number of benzene rings is 1. The number of aromatic amines is 1. The van der Waals surface area contributed by atoms with Gasteiger partial charge in [0.1, 0.15) is 5.75 Å². The lowest BCUT2D eigenvalue weighted by Gasteiger charge is -2.04. The Bertz CT molecular complexity index is 728. The Morgan fingerprint density at radius 2 is 1.88 bits per heavy atom. The number of thiophene rings is 1. The summed E-state index contributed by atoms with van der Waals surface area (Å²) in [5.41, 5.74) is 1.47. The second-order valence-electron chi connectivity index (χ2n) is 3.74. The van der Waals surface area contributed by atoms with E-state index in [1.165, 1.54) is 11.3 Å². The average Bonchev–Trinajstić information content (AvgIpc) is 2.78. The zero-order chi connectivity index (χ0) is 11.8. The molecule has 0 fully saturated rings. The van der Waals surface area contributed by atoms with Gasteiger partial charge in [0.05, 0.1) is 16.5 Å². The maximum absolute atomic E-state index is 11.9. The minimum Gasteiger partial charge on any atom is -0.506 e. The molecule has 0 saturated heterocycles. The van der Waals surface area contributed by atoms with Gasteiger partial charge in [-0.25, -0.2) is 0 Å². The van der Waals surface area contributed by atoms with Crippen LogP contribution in [-0.4, -0.2) is 10.1 Å². The van der Waals surface area contributed by atoms with Gasteiger partial charge in [-0.3, -0.25) is 4.79 Å². The summed E-state index contributed by atoms with van der Waals surface area (Å²) in [4.78, 5) is 14.7. The van der Waals surface area contributed by atoms with Crippen molar-refractivity contribution >= 4 is 22.2 Å². The van der Waals surface area contributed by atoms with Gasteiger partial charge in [0.15, 0.2) is 0 Å². The molecule has 3 aromatic rings. The number of hydrogen-bond acceptors (Lipinski definition) is 3. The summed E-state index contributed by atoms with van der Waals surface area (Å²) in [5, 5.41) is 14.5. The standard InChI is InChI=1S/C13H9NO2S/c15-12-9-6-17-7-10(9)14-13(16)11(12)8-4-2-1-3-5-8/h1-7,15H,(H,14,16). The Labute approximate surface area is 101 Å². The highest BCUT2D eigenvalue weighted by atomic mass is 32.1. The molecule has 0 amide bonds. The van der Waals surface area contributed by atoms with E-state index in [9.17, 15) is 9.90 Å². The predicted molar refractivity (Wildman–Crippen MR) is 69.5 cm³/mol. The van der Waals surface area contributed by atoms with Gasteiger partial charge in [0.25, 0.3) is 5.56 Å². The third-order valence-electron chi connectivity index (χ3n) is 2.69. The van der Waals surface area contributed by atoms with Crippen molar-refractivity contribution in [3.8, 4) is 16.9 Å². The van der Waals surface area contributed by atoms with E-state index < -0.39 is 0 Å². The van der Waals surface area contributed by atoms with Crippen LogP contribution in [0.25, 0.3) is 22.0 Å². The molecule has 0 aliphatic rings. The van der Waals surface area contributed by atoms with Crippen LogP contribution in [0, 0.1) is 0 Å². The molecule has 0 unspecified atom stereocenters. The van der Waals surface area contributed by atoms with Gasteiger partial charge >= 0.3 is 0 Å². The number of fused-ring (bicyclic) bond motifs is 1. The Balaban J connectivity index is 2.40. The van der Waals surface area contributed by atoms with Gasteiger partial charge in [0, 0.05) is 10.8 Å². The maximum atomic E-state index is 11.9. The van der Waals surface area contributed by atoms with E-state index in [-0.39, 0.29) is 11.3 Å². The molecule has 84 valence electrons. The first-order chi connectivity index (χ1) is 8.27. The summed E-state index contributed by atoms with van der Waals surface area (Å²) in [6.07, 6.45) is 0. The summed E-state index contributed by atoms with van der Waals surface area (Å²) < 4.78 is 0. The summed E-state index contributed by atoms with van der Waals surface area (Å²) in [6.45, 7) is 0.